The average Bonchev–Trinajstić information content (AvgIpc) is 1.30. The molecule has 42 valence electrons. The summed E-state index contributed by atoms with van der Waals surface area (Å²) in [5.41, 5.74) is -0.225. The third-order valence-electron chi connectivity index (χ3n) is 0.402. The molecule has 0 aromatic rings. The van der Waals surface area contributed by atoms with Crippen LogP contribution in [0.1, 0.15) is 20.8 Å². The lowest BCUT2D eigenvalue weighted by Crippen LogP contribution is -2.18. The van der Waals surface area contributed by atoms with Crippen molar-refractivity contribution in [2.24, 2.45) is 0 Å². The highest BCUT2D eigenvalue weighted by molar-refractivity contribution is 6.07. The van der Waals surface area contributed by atoms with Crippen LogP contribution in [0.25, 0.3) is 0 Å². The lowest BCUT2D eigenvalue weighted by Gasteiger charge is -2.15. The van der Waals surface area contributed by atoms with E-state index in [-0.39, 0.29) is 5.60 Å². The van der Waals surface area contributed by atoms with Crippen LogP contribution in [0.3, 0.4) is 0 Å². The first-order valence-corrected chi connectivity index (χ1v) is 3.12. The van der Waals surface area contributed by atoms with Crippen molar-refractivity contribution in [3.05, 3.63) is 0 Å². The highest BCUT2D eigenvalue weighted by Gasteiger charge is 2.06. The predicted molar refractivity (Wildman–Crippen MR) is 28.7 cm³/mol. The molecule has 0 heterocycles. The Balaban J connectivity index is 3.34. The summed E-state index contributed by atoms with van der Waals surface area (Å²) in [6.07, 6.45) is 0. The lowest BCUT2D eigenvalue weighted by molar-refractivity contribution is 0.129. The summed E-state index contributed by atoms with van der Waals surface area (Å²) in [7, 11) is -1.04. The number of hydrogen-bond acceptors (Lipinski definition) is 2. The van der Waals surface area contributed by atoms with E-state index in [1.165, 1.54) is 0 Å². The SMILES string of the molecule is CC(C)(C)O[SiH]=O. The van der Waals surface area contributed by atoms with Crippen LogP contribution in [0.4, 0.5) is 0 Å². The molecule has 0 aliphatic heterocycles. The molecule has 0 rings (SSSR count). The van der Waals surface area contributed by atoms with Gasteiger partial charge in [-0.1, -0.05) is 0 Å². The fraction of sp³-hybridized carbons (Fsp3) is 1.00. The maximum absolute atomic E-state index is 9.81. The molecule has 0 atom stereocenters. The van der Waals surface area contributed by atoms with Crippen molar-refractivity contribution in [3.8, 4) is 0 Å². The van der Waals surface area contributed by atoms with E-state index in [2.05, 4.69) is 0 Å². The van der Waals surface area contributed by atoms with Gasteiger partial charge in [0.05, 0.1) is 5.60 Å². The molecule has 0 amide bonds. The molecule has 2 nitrogen and oxygen atoms in total. The van der Waals surface area contributed by atoms with E-state index in [1.807, 2.05) is 20.8 Å². The van der Waals surface area contributed by atoms with Gasteiger partial charge in [-0.05, 0) is 20.8 Å². The summed E-state index contributed by atoms with van der Waals surface area (Å²) in [4.78, 5) is 0. The van der Waals surface area contributed by atoms with Crippen molar-refractivity contribution in [1.82, 2.24) is 0 Å². The summed E-state index contributed by atoms with van der Waals surface area (Å²) in [5, 5.41) is 0. The van der Waals surface area contributed by atoms with Gasteiger partial charge in [0.25, 0.3) is 0 Å². The minimum Gasteiger partial charge on any atom is -0.521 e. The molecule has 3 heteroatoms. The lowest BCUT2D eigenvalue weighted by atomic mass is 10.2. The van der Waals surface area contributed by atoms with Crippen LogP contribution < -0.4 is 0 Å². The molecule has 7 heavy (non-hydrogen) atoms. The Bertz CT molecular complexity index is 64.6. The summed E-state index contributed by atoms with van der Waals surface area (Å²) in [5.74, 6) is 0. The molecule has 0 unspecified atom stereocenters. The standard InChI is InChI=1S/C4H10O2Si/c1-4(2,3)6-7-5/h7H,1-3H3. The first-order chi connectivity index (χ1) is 3.06. The van der Waals surface area contributed by atoms with E-state index in [0.717, 1.165) is 0 Å². The fourth-order valence-corrected chi connectivity index (χ4v) is 0.433. The van der Waals surface area contributed by atoms with Gasteiger partial charge in [-0.3, -0.25) is 0 Å². The van der Waals surface area contributed by atoms with Crippen molar-refractivity contribution in [2.45, 2.75) is 26.4 Å². The van der Waals surface area contributed by atoms with Crippen LogP contribution >= 0.6 is 0 Å². The molecule has 0 spiro atoms. The molecule has 0 aromatic carbocycles. The van der Waals surface area contributed by atoms with Crippen molar-refractivity contribution < 1.29 is 8.89 Å². The Kier molecular flexibility index (Phi) is 2.15. The van der Waals surface area contributed by atoms with Gasteiger partial charge in [0.1, 0.15) is 0 Å². The molecule has 0 saturated carbocycles. The second-order valence-electron chi connectivity index (χ2n) is 2.33. The predicted octanol–water partition coefficient (Wildman–Crippen LogP) is 0.498. The molecule has 0 bridgehead atoms. The fourth-order valence-electron chi connectivity index (χ4n) is 0.144. The summed E-state index contributed by atoms with van der Waals surface area (Å²) >= 11 is 0. The van der Waals surface area contributed by atoms with Gasteiger partial charge in [-0.15, -0.1) is 0 Å². The third-order valence-corrected chi connectivity index (χ3v) is 1.20. The summed E-state index contributed by atoms with van der Waals surface area (Å²) in [6.45, 7) is 5.62. The van der Waals surface area contributed by atoms with Gasteiger partial charge >= 0.3 is 9.65 Å². The monoisotopic (exact) mass is 118 g/mol. The Morgan fingerprint density at radius 2 is 1.86 bits per heavy atom. The maximum Gasteiger partial charge on any atom is 0.487 e. The van der Waals surface area contributed by atoms with Gasteiger partial charge in [0, 0.05) is 0 Å². The first kappa shape index (κ1) is 6.82. The van der Waals surface area contributed by atoms with Gasteiger partial charge in [0.2, 0.25) is 0 Å². The molecule has 0 saturated heterocycles. The van der Waals surface area contributed by atoms with Gasteiger partial charge in [-0.2, -0.15) is 0 Å². The average molecular weight is 118 g/mol. The van der Waals surface area contributed by atoms with Crippen molar-refractivity contribution in [1.29, 1.82) is 0 Å². The van der Waals surface area contributed by atoms with E-state index in [0.29, 0.717) is 0 Å². The second kappa shape index (κ2) is 2.21. The zero-order valence-electron chi connectivity index (χ0n) is 4.89. The smallest absolute Gasteiger partial charge is 0.487 e. The highest BCUT2D eigenvalue weighted by Crippen LogP contribution is 2.02. The number of hydrogen-bond donors (Lipinski definition) is 0. The van der Waals surface area contributed by atoms with Crippen molar-refractivity contribution >= 4 is 9.65 Å². The van der Waals surface area contributed by atoms with Crippen LogP contribution in [-0.4, -0.2) is 15.3 Å². The summed E-state index contributed by atoms with van der Waals surface area (Å²) in [6, 6.07) is 0. The van der Waals surface area contributed by atoms with E-state index in [4.69, 9.17) is 4.43 Å². The zero-order valence-corrected chi connectivity index (χ0v) is 6.05. The first-order valence-electron chi connectivity index (χ1n) is 2.18. The van der Waals surface area contributed by atoms with Crippen molar-refractivity contribution in [2.75, 3.05) is 0 Å². The van der Waals surface area contributed by atoms with Crippen LogP contribution in [0.5, 0.6) is 0 Å². The topological polar surface area (TPSA) is 26.3 Å². The zero-order chi connectivity index (χ0) is 5.91. The molecular formula is C4H10O2Si. The Morgan fingerprint density at radius 1 is 1.43 bits per heavy atom. The molecule has 0 radical (unpaired) electrons. The van der Waals surface area contributed by atoms with E-state index in [1.54, 1.807) is 0 Å². The quantitative estimate of drug-likeness (QED) is 0.469. The van der Waals surface area contributed by atoms with E-state index in [9.17, 15) is 4.46 Å². The van der Waals surface area contributed by atoms with Crippen LogP contribution in [-0.2, 0) is 8.89 Å². The minimum absolute atomic E-state index is 0.225. The van der Waals surface area contributed by atoms with E-state index < -0.39 is 9.65 Å². The van der Waals surface area contributed by atoms with Crippen LogP contribution in [0, 0.1) is 0 Å². The largest absolute Gasteiger partial charge is 0.521 e. The Hall–Kier alpha value is -0.183. The van der Waals surface area contributed by atoms with Crippen molar-refractivity contribution in [3.63, 3.8) is 0 Å². The normalized spacial score (nSPS) is 10.7. The Labute approximate surface area is 45.9 Å². The Morgan fingerprint density at radius 3 is 1.86 bits per heavy atom. The molecular weight excluding hydrogens is 108 g/mol. The third kappa shape index (κ3) is 5.82. The maximum atomic E-state index is 9.81. The molecule has 0 N–H and O–H groups in total. The highest BCUT2D eigenvalue weighted by atomic mass is 28.2. The number of rotatable bonds is 1. The van der Waals surface area contributed by atoms with Crippen LogP contribution in [0.15, 0.2) is 0 Å². The van der Waals surface area contributed by atoms with Crippen LogP contribution in [0.2, 0.25) is 0 Å². The molecule has 0 aliphatic carbocycles. The minimum atomic E-state index is -1.04. The molecule has 0 aliphatic rings. The van der Waals surface area contributed by atoms with Gasteiger partial charge < -0.3 is 8.89 Å². The molecule has 0 fully saturated rings. The van der Waals surface area contributed by atoms with Gasteiger partial charge in [0.15, 0.2) is 0 Å². The second-order valence-corrected chi connectivity index (χ2v) is 2.75. The summed E-state index contributed by atoms with van der Waals surface area (Å²) < 4.78 is 14.6. The van der Waals surface area contributed by atoms with E-state index >= 15 is 0 Å². The van der Waals surface area contributed by atoms with Gasteiger partial charge in [-0.25, -0.2) is 0 Å². The molecule has 0 aromatic heterocycles.